The van der Waals surface area contributed by atoms with Crippen LogP contribution in [-0.4, -0.2) is 82.4 Å². The normalized spacial score (nSPS) is 17.1. The summed E-state index contributed by atoms with van der Waals surface area (Å²) in [5.74, 6) is 0.105. The number of benzene rings is 2. The topological polar surface area (TPSA) is 104 Å². The number of carbonyl (C=O) groups is 2. The third-order valence-corrected chi connectivity index (χ3v) is 8.35. The second kappa shape index (κ2) is 11.6. The van der Waals surface area contributed by atoms with Crippen LogP contribution in [0.4, 0.5) is 15.9 Å². The largest absolute Gasteiger partial charge is 0.494 e. The first-order valence-electron chi connectivity index (χ1n) is 13.9. The monoisotopic (exact) mass is 591 g/mol. The molecule has 0 spiro atoms. The van der Waals surface area contributed by atoms with E-state index in [1.54, 1.807) is 35.1 Å². The van der Waals surface area contributed by atoms with Gasteiger partial charge in [0.25, 0.3) is 5.91 Å². The zero-order valence-corrected chi connectivity index (χ0v) is 24.1. The van der Waals surface area contributed by atoms with Gasteiger partial charge in [0.15, 0.2) is 23.0 Å². The van der Waals surface area contributed by atoms with E-state index in [2.05, 4.69) is 20.6 Å². The number of imidazole rings is 1. The van der Waals surface area contributed by atoms with Crippen molar-refractivity contribution in [3.05, 3.63) is 70.9 Å². The van der Waals surface area contributed by atoms with Crippen LogP contribution in [0.2, 0.25) is 5.02 Å². The molecule has 218 valence electrons. The number of carbonyl (C=O) groups excluding carboxylic acids is 2. The Labute approximate surface area is 247 Å². The van der Waals surface area contributed by atoms with Crippen LogP contribution >= 0.6 is 11.6 Å². The second-order valence-electron chi connectivity index (χ2n) is 10.5. The molecule has 4 aromatic rings. The average molecular weight is 592 g/mol. The predicted molar refractivity (Wildman–Crippen MR) is 158 cm³/mol. The number of methoxy groups -OCH3 is 1. The molecule has 0 aliphatic carbocycles. The first kappa shape index (κ1) is 27.9. The molecular weight excluding hydrogens is 561 g/mol. The summed E-state index contributed by atoms with van der Waals surface area (Å²) in [6, 6.07) is 8.74. The molecule has 1 atom stereocenters. The van der Waals surface area contributed by atoms with Gasteiger partial charge in [-0.1, -0.05) is 11.6 Å². The number of anilines is 2. The molecule has 0 saturated carbocycles. The van der Waals surface area contributed by atoms with Crippen molar-refractivity contribution in [3.8, 4) is 17.0 Å². The molecule has 2 fully saturated rings. The minimum Gasteiger partial charge on any atom is -0.494 e. The third kappa shape index (κ3) is 5.14. The van der Waals surface area contributed by atoms with Gasteiger partial charge in [-0.3, -0.25) is 14.0 Å². The molecule has 2 N–H and O–H groups in total. The van der Waals surface area contributed by atoms with Gasteiger partial charge in [0.1, 0.15) is 0 Å². The number of ether oxygens (including phenoxy) is 1. The number of nitrogens with one attached hydrogen (secondary N) is 2. The fourth-order valence-electron chi connectivity index (χ4n) is 5.64. The van der Waals surface area contributed by atoms with E-state index in [1.807, 2.05) is 28.9 Å². The van der Waals surface area contributed by atoms with Gasteiger partial charge in [0.2, 0.25) is 5.91 Å². The number of halogens is 2. The van der Waals surface area contributed by atoms with Crippen LogP contribution in [0.25, 0.3) is 16.9 Å². The van der Waals surface area contributed by atoms with Crippen molar-refractivity contribution in [1.29, 1.82) is 0 Å². The molecule has 2 aromatic heterocycles. The molecule has 2 aromatic carbocycles. The lowest BCUT2D eigenvalue weighted by Gasteiger charge is -2.36. The Bertz CT molecular complexity index is 1660. The minimum absolute atomic E-state index is 0.0459. The molecule has 10 nitrogen and oxygen atoms in total. The van der Waals surface area contributed by atoms with Gasteiger partial charge in [-0.2, -0.15) is 0 Å². The van der Waals surface area contributed by atoms with E-state index in [0.29, 0.717) is 54.5 Å². The number of nitrogens with zero attached hydrogens (tertiary/aromatic N) is 5. The van der Waals surface area contributed by atoms with Gasteiger partial charge in [-0.05, 0) is 55.8 Å². The predicted octanol–water partition coefficient (Wildman–Crippen LogP) is 4.14. The molecule has 0 bridgehead atoms. The summed E-state index contributed by atoms with van der Waals surface area (Å²) >= 11 is 6.32. The van der Waals surface area contributed by atoms with Crippen molar-refractivity contribution in [2.24, 2.45) is 5.92 Å². The Morgan fingerprint density at radius 2 is 1.90 bits per heavy atom. The molecule has 0 radical (unpaired) electrons. The summed E-state index contributed by atoms with van der Waals surface area (Å²) < 4.78 is 21.4. The Hall–Kier alpha value is -4.22. The van der Waals surface area contributed by atoms with Gasteiger partial charge in [-0.25, -0.2) is 14.4 Å². The summed E-state index contributed by atoms with van der Waals surface area (Å²) in [6.45, 7) is 5.65. The van der Waals surface area contributed by atoms with Crippen LogP contribution in [0.5, 0.6) is 5.75 Å². The minimum atomic E-state index is -0.638. The van der Waals surface area contributed by atoms with Crippen LogP contribution in [0.15, 0.2) is 48.9 Å². The molecule has 2 amide bonds. The maximum atomic E-state index is 14.6. The van der Waals surface area contributed by atoms with E-state index >= 15 is 0 Å². The average Bonchev–Trinajstić information content (AvgIpc) is 3.70. The molecule has 0 unspecified atom stereocenters. The maximum absolute atomic E-state index is 14.6. The van der Waals surface area contributed by atoms with E-state index < -0.39 is 5.82 Å². The fourth-order valence-corrected chi connectivity index (χ4v) is 5.89. The molecule has 2 aliphatic heterocycles. The number of amides is 2. The lowest BCUT2D eigenvalue weighted by Crippen LogP contribution is -2.52. The van der Waals surface area contributed by atoms with Gasteiger partial charge < -0.3 is 25.2 Å². The number of fused-ring (bicyclic) bond motifs is 1. The highest BCUT2D eigenvalue weighted by Crippen LogP contribution is 2.35. The van der Waals surface area contributed by atoms with Gasteiger partial charge in [0, 0.05) is 61.9 Å². The number of aromatic nitrogens is 3. The zero-order chi connectivity index (χ0) is 29.4. The van der Waals surface area contributed by atoms with Crippen molar-refractivity contribution in [3.63, 3.8) is 0 Å². The fraction of sp³-hybridized carbons (Fsp3) is 0.333. The quantitative estimate of drug-likeness (QED) is 0.347. The number of hydrogen-bond acceptors (Lipinski definition) is 7. The van der Waals surface area contributed by atoms with Crippen molar-refractivity contribution >= 4 is 40.6 Å². The van der Waals surface area contributed by atoms with E-state index in [-0.39, 0.29) is 28.5 Å². The van der Waals surface area contributed by atoms with Crippen LogP contribution < -0.4 is 15.4 Å². The molecule has 12 heteroatoms. The van der Waals surface area contributed by atoms with Crippen LogP contribution in [-0.2, 0) is 4.79 Å². The molecule has 4 heterocycles. The van der Waals surface area contributed by atoms with Crippen molar-refractivity contribution in [2.75, 3.05) is 51.7 Å². The maximum Gasteiger partial charge on any atom is 0.254 e. The molecule has 42 heavy (non-hydrogen) atoms. The molecule has 6 rings (SSSR count). The summed E-state index contributed by atoms with van der Waals surface area (Å²) in [7, 11) is 1.39. The number of piperazine rings is 1. The summed E-state index contributed by atoms with van der Waals surface area (Å²) in [5, 5.41) is 6.48. The van der Waals surface area contributed by atoms with Crippen LogP contribution in [0, 0.1) is 18.7 Å². The SMILES string of the molecule is COc1ccc(-c2cnc3c(Nc4ccc(C(=O)N5CCN(C(=O)[C@@H]6CCNC6)CC5)c(C)c4)nccn23)c(Cl)c1F. The Morgan fingerprint density at radius 1 is 1.12 bits per heavy atom. The Kier molecular flexibility index (Phi) is 7.70. The van der Waals surface area contributed by atoms with Gasteiger partial charge in [-0.15, -0.1) is 0 Å². The van der Waals surface area contributed by atoms with Gasteiger partial charge in [0.05, 0.1) is 29.9 Å². The van der Waals surface area contributed by atoms with Crippen molar-refractivity contribution in [2.45, 2.75) is 13.3 Å². The molecule has 2 saturated heterocycles. The zero-order valence-electron chi connectivity index (χ0n) is 23.4. The van der Waals surface area contributed by atoms with E-state index in [1.165, 1.54) is 13.2 Å². The van der Waals surface area contributed by atoms with E-state index in [0.717, 1.165) is 30.8 Å². The molecular formula is C30H31ClFN7O3. The van der Waals surface area contributed by atoms with E-state index in [4.69, 9.17) is 16.3 Å². The Balaban J connectivity index is 1.16. The first-order valence-corrected chi connectivity index (χ1v) is 14.2. The number of aryl methyl sites for hydroxylation is 1. The standard InChI is InChI=1S/C30H31ClFN7O3/c1-18-15-20(3-4-21(18)30(41)38-13-11-37(12-14-38)29(40)19-7-8-33-16-19)36-27-28-35-17-23(39(28)10-9-34-27)22-5-6-24(42-2)26(32)25(22)31/h3-6,9-10,15,17,19,33H,7-8,11-14,16H2,1-2H3,(H,34,36)/t19-/m1/s1. The summed E-state index contributed by atoms with van der Waals surface area (Å²) in [6.07, 6.45) is 5.83. The van der Waals surface area contributed by atoms with Crippen LogP contribution in [0.3, 0.4) is 0 Å². The summed E-state index contributed by atoms with van der Waals surface area (Å²) in [4.78, 5) is 38.7. The van der Waals surface area contributed by atoms with Crippen molar-refractivity contribution < 1.29 is 18.7 Å². The third-order valence-electron chi connectivity index (χ3n) is 7.98. The van der Waals surface area contributed by atoms with Crippen molar-refractivity contribution in [1.82, 2.24) is 29.5 Å². The number of rotatable bonds is 6. The first-order chi connectivity index (χ1) is 20.4. The van der Waals surface area contributed by atoms with Gasteiger partial charge >= 0.3 is 0 Å². The molecule has 2 aliphatic rings. The lowest BCUT2D eigenvalue weighted by molar-refractivity contribution is -0.136. The number of hydrogen-bond donors (Lipinski definition) is 2. The lowest BCUT2D eigenvalue weighted by atomic mass is 10.0. The van der Waals surface area contributed by atoms with E-state index in [9.17, 15) is 14.0 Å². The Morgan fingerprint density at radius 3 is 2.62 bits per heavy atom. The highest BCUT2D eigenvalue weighted by atomic mass is 35.5. The summed E-state index contributed by atoms with van der Waals surface area (Å²) in [5.41, 5.74) is 3.77. The highest BCUT2D eigenvalue weighted by molar-refractivity contribution is 6.33. The smallest absolute Gasteiger partial charge is 0.254 e. The van der Waals surface area contributed by atoms with Crippen LogP contribution in [0.1, 0.15) is 22.3 Å². The second-order valence-corrected chi connectivity index (χ2v) is 10.9. The highest BCUT2D eigenvalue weighted by Gasteiger charge is 2.31.